The fourth-order valence-corrected chi connectivity index (χ4v) is 4.85. The molecule has 0 spiro atoms. The smallest absolute Gasteiger partial charge is 0.257 e. The van der Waals surface area contributed by atoms with Crippen LogP contribution < -0.4 is 5.32 Å². The Labute approximate surface area is 205 Å². The fourth-order valence-electron chi connectivity index (χ4n) is 3.42. The van der Waals surface area contributed by atoms with Crippen molar-refractivity contribution in [3.05, 3.63) is 107 Å². The van der Waals surface area contributed by atoms with Gasteiger partial charge in [-0.05, 0) is 36.8 Å². The second kappa shape index (κ2) is 10.0. The van der Waals surface area contributed by atoms with Crippen molar-refractivity contribution in [2.45, 2.75) is 17.8 Å². The molecule has 0 aliphatic heterocycles. The molecule has 168 valence electrons. The van der Waals surface area contributed by atoms with Crippen LogP contribution >= 0.6 is 23.1 Å². The first-order chi connectivity index (χ1) is 16.7. The first-order valence-corrected chi connectivity index (χ1v) is 12.5. The second-order valence-corrected chi connectivity index (χ2v) is 9.46. The van der Waals surface area contributed by atoms with Gasteiger partial charge in [-0.25, -0.2) is 4.98 Å². The standard InChI is InChI=1S/C26H21N5OS2/c1-18-7-13-22(14-8-18)31-23(20-5-3-2-4-6-20)29-30-26(31)34-17-19-9-11-21(12-10-19)24(32)28-25-27-15-16-33-25/h2-16H,17H2,1H3,(H,27,28,32). The molecule has 0 aliphatic carbocycles. The van der Waals surface area contributed by atoms with E-state index >= 15 is 0 Å². The number of carbonyl (C=O) groups is 1. The first-order valence-electron chi connectivity index (χ1n) is 10.7. The van der Waals surface area contributed by atoms with E-state index in [1.165, 1.54) is 16.9 Å². The predicted octanol–water partition coefficient (Wildman–Crippen LogP) is 6.24. The van der Waals surface area contributed by atoms with Gasteiger partial charge in [0.2, 0.25) is 0 Å². The van der Waals surface area contributed by atoms with E-state index in [-0.39, 0.29) is 5.91 Å². The fraction of sp³-hybridized carbons (Fsp3) is 0.0769. The average molecular weight is 484 g/mol. The van der Waals surface area contributed by atoms with Crippen LogP contribution in [0.5, 0.6) is 0 Å². The largest absolute Gasteiger partial charge is 0.298 e. The third-order valence-electron chi connectivity index (χ3n) is 5.19. The number of thiazole rings is 1. The van der Waals surface area contributed by atoms with Gasteiger partial charge in [0.15, 0.2) is 16.1 Å². The highest BCUT2D eigenvalue weighted by Crippen LogP contribution is 2.30. The van der Waals surface area contributed by atoms with Gasteiger partial charge in [0.1, 0.15) is 0 Å². The maximum atomic E-state index is 12.4. The molecular formula is C26H21N5OS2. The number of hydrogen-bond donors (Lipinski definition) is 1. The number of amides is 1. The molecule has 0 saturated heterocycles. The van der Waals surface area contributed by atoms with Crippen molar-refractivity contribution in [1.29, 1.82) is 0 Å². The number of anilines is 1. The molecule has 2 heterocycles. The molecule has 1 N–H and O–H groups in total. The number of aryl methyl sites for hydroxylation is 1. The minimum atomic E-state index is -0.166. The summed E-state index contributed by atoms with van der Waals surface area (Å²) in [6.07, 6.45) is 1.67. The third-order valence-corrected chi connectivity index (χ3v) is 6.88. The maximum Gasteiger partial charge on any atom is 0.257 e. The second-order valence-electron chi connectivity index (χ2n) is 7.62. The van der Waals surface area contributed by atoms with Crippen LogP contribution in [0.15, 0.2) is 95.6 Å². The zero-order valence-electron chi connectivity index (χ0n) is 18.4. The summed E-state index contributed by atoms with van der Waals surface area (Å²) in [6, 6.07) is 26.0. The molecule has 0 aliphatic rings. The number of carbonyl (C=O) groups excluding carboxylic acids is 1. The molecule has 0 fully saturated rings. The summed E-state index contributed by atoms with van der Waals surface area (Å²) >= 11 is 3.01. The van der Waals surface area contributed by atoms with Crippen LogP contribution in [0.4, 0.5) is 5.13 Å². The highest BCUT2D eigenvalue weighted by molar-refractivity contribution is 7.98. The molecule has 0 unspecified atom stereocenters. The average Bonchev–Trinajstić information content (AvgIpc) is 3.54. The number of thioether (sulfide) groups is 1. The molecule has 0 radical (unpaired) electrons. The SMILES string of the molecule is Cc1ccc(-n2c(SCc3ccc(C(=O)Nc4nccs4)cc3)nnc2-c2ccccc2)cc1. The topological polar surface area (TPSA) is 72.7 Å². The van der Waals surface area contributed by atoms with Crippen molar-refractivity contribution < 1.29 is 4.79 Å². The number of benzene rings is 3. The number of rotatable bonds is 7. The Morgan fingerprint density at radius 3 is 2.44 bits per heavy atom. The number of hydrogen-bond acceptors (Lipinski definition) is 6. The summed E-state index contributed by atoms with van der Waals surface area (Å²) in [5.41, 5.74) is 4.92. The van der Waals surface area contributed by atoms with E-state index in [0.29, 0.717) is 16.4 Å². The summed E-state index contributed by atoms with van der Waals surface area (Å²) in [7, 11) is 0. The van der Waals surface area contributed by atoms with E-state index in [0.717, 1.165) is 27.8 Å². The van der Waals surface area contributed by atoms with Gasteiger partial charge in [-0.2, -0.15) is 0 Å². The van der Waals surface area contributed by atoms with Gasteiger partial charge in [0.25, 0.3) is 5.91 Å². The van der Waals surface area contributed by atoms with E-state index in [1.54, 1.807) is 18.0 Å². The Bertz CT molecular complexity index is 1380. The van der Waals surface area contributed by atoms with E-state index in [1.807, 2.05) is 60.0 Å². The van der Waals surface area contributed by atoms with Gasteiger partial charge in [-0.3, -0.25) is 14.7 Å². The van der Waals surface area contributed by atoms with E-state index in [4.69, 9.17) is 0 Å². The summed E-state index contributed by atoms with van der Waals surface area (Å²) < 4.78 is 2.09. The summed E-state index contributed by atoms with van der Waals surface area (Å²) in [5, 5.41) is 15.0. The molecule has 2 aromatic heterocycles. The summed E-state index contributed by atoms with van der Waals surface area (Å²) in [5.74, 6) is 1.34. The van der Waals surface area contributed by atoms with Gasteiger partial charge < -0.3 is 0 Å². The van der Waals surface area contributed by atoms with Crippen molar-refractivity contribution in [3.8, 4) is 17.1 Å². The Balaban J connectivity index is 1.36. The van der Waals surface area contributed by atoms with Crippen molar-refractivity contribution >= 4 is 34.1 Å². The van der Waals surface area contributed by atoms with Crippen LogP contribution in [0.1, 0.15) is 21.5 Å². The molecule has 5 aromatic rings. The van der Waals surface area contributed by atoms with Gasteiger partial charge in [-0.1, -0.05) is 71.9 Å². The molecule has 0 saturated carbocycles. The van der Waals surface area contributed by atoms with Crippen LogP contribution in [0.25, 0.3) is 17.1 Å². The van der Waals surface area contributed by atoms with Gasteiger partial charge >= 0.3 is 0 Å². The zero-order chi connectivity index (χ0) is 23.3. The van der Waals surface area contributed by atoms with Crippen LogP contribution in [0.2, 0.25) is 0 Å². The van der Waals surface area contributed by atoms with Gasteiger partial charge in [-0.15, -0.1) is 21.5 Å². The lowest BCUT2D eigenvalue weighted by Crippen LogP contribution is -2.11. The third kappa shape index (κ3) is 4.93. The number of nitrogens with one attached hydrogen (secondary N) is 1. The Morgan fingerprint density at radius 1 is 0.971 bits per heavy atom. The van der Waals surface area contributed by atoms with Crippen molar-refractivity contribution in [1.82, 2.24) is 19.7 Å². The minimum absolute atomic E-state index is 0.166. The van der Waals surface area contributed by atoms with E-state index < -0.39 is 0 Å². The summed E-state index contributed by atoms with van der Waals surface area (Å²) in [4.78, 5) is 16.5. The first kappa shape index (κ1) is 22.1. The summed E-state index contributed by atoms with van der Waals surface area (Å²) in [6.45, 7) is 2.07. The molecule has 8 heteroatoms. The lowest BCUT2D eigenvalue weighted by Gasteiger charge is -2.11. The Morgan fingerprint density at radius 2 is 1.74 bits per heavy atom. The molecule has 6 nitrogen and oxygen atoms in total. The predicted molar refractivity (Wildman–Crippen MR) is 138 cm³/mol. The molecular weight excluding hydrogens is 462 g/mol. The van der Waals surface area contributed by atoms with E-state index in [9.17, 15) is 4.79 Å². The highest BCUT2D eigenvalue weighted by atomic mass is 32.2. The Hall–Kier alpha value is -3.75. The monoisotopic (exact) mass is 483 g/mol. The van der Waals surface area contributed by atoms with Gasteiger partial charge in [0, 0.05) is 34.1 Å². The van der Waals surface area contributed by atoms with Crippen LogP contribution in [-0.2, 0) is 5.75 Å². The molecule has 5 rings (SSSR count). The lowest BCUT2D eigenvalue weighted by molar-refractivity contribution is 0.102. The number of aromatic nitrogens is 4. The van der Waals surface area contributed by atoms with Crippen molar-refractivity contribution in [3.63, 3.8) is 0 Å². The molecule has 0 bridgehead atoms. The number of nitrogens with zero attached hydrogens (tertiary/aromatic N) is 4. The van der Waals surface area contributed by atoms with Crippen LogP contribution in [-0.4, -0.2) is 25.7 Å². The molecule has 1 amide bonds. The van der Waals surface area contributed by atoms with Crippen molar-refractivity contribution in [2.24, 2.45) is 0 Å². The van der Waals surface area contributed by atoms with Crippen LogP contribution in [0, 0.1) is 6.92 Å². The molecule has 3 aromatic carbocycles. The normalized spacial score (nSPS) is 10.9. The lowest BCUT2D eigenvalue weighted by atomic mass is 10.1. The Kier molecular flexibility index (Phi) is 6.51. The minimum Gasteiger partial charge on any atom is -0.298 e. The van der Waals surface area contributed by atoms with Crippen LogP contribution in [0.3, 0.4) is 0 Å². The molecule has 34 heavy (non-hydrogen) atoms. The zero-order valence-corrected chi connectivity index (χ0v) is 20.0. The maximum absolute atomic E-state index is 12.4. The quantitative estimate of drug-likeness (QED) is 0.277. The van der Waals surface area contributed by atoms with E-state index in [2.05, 4.69) is 56.3 Å². The highest BCUT2D eigenvalue weighted by Gasteiger charge is 2.16. The van der Waals surface area contributed by atoms with Crippen molar-refractivity contribution in [2.75, 3.05) is 5.32 Å². The molecule has 0 atom stereocenters. The van der Waals surface area contributed by atoms with Gasteiger partial charge in [0.05, 0.1) is 0 Å².